The minimum atomic E-state index is 0.860. The third-order valence-corrected chi connectivity index (χ3v) is 4.92. The monoisotopic (exact) mass is 305 g/mol. The van der Waals surface area contributed by atoms with Gasteiger partial charge in [0, 0.05) is 0 Å². The van der Waals surface area contributed by atoms with Crippen molar-refractivity contribution in [2.45, 2.75) is 0 Å². The van der Waals surface area contributed by atoms with Crippen molar-refractivity contribution in [2.75, 3.05) is 0 Å². The maximum Gasteiger partial charge on any atom is 0.327 e. The maximum absolute atomic E-state index is 9.76. The lowest BCUT2D eigenvalue weighted by molar-refractivity contribution is 0.616. The number of benzene rings is 5. The summed E-state index contributed by atoms with van der Waals surface area (Å²) in [4.78, 5) is 0. The van der Waals surface area contributed by atoms with Crippen LogP contribution in [0.5, 0.6) is 0 Å². The van der Waals surface area contributed by atoms with Crippen LogP contribution in [0.1, 0.15) is 0 Å². The van der Waals surface area contributed by atoms with Gasteiger partial charge in [0.1, 0.15) is 0 Å². The molecule has 0 atom stereocenters. The van der Waals surface area contributed by atoms with Crippen LogP contribution >= 0.6 is 0 Å². The first kappa shape index (κ1) is 13.6. The molecule has 0 saturated heterocycles. The van der Waals surface area contributed by atoms with Crippen LogP contribution in [0.15, 0.2) is 78.9 Å². The lowest BCUT2D eigenvalue weighted by Gasteiger charge is -2.14. The van der Waals surface area contributed by atoms with Gasteiger partial charge in [-0.2, -0.15) is 0 Å². The van der Waals surface area contributed by atoms with E-state index in [1.807, 2.05) is 6.07 Å². The maximum atomic E-state index is 9.76. The van der Waals surface area contributed by atoms with Crippen molar-refractivity contribution in [3.05, 3.63) is 78.9 Å². The molecule has 111 valence electrons. The summed E-state index contributed by atoms with van der Waals surface area (Å²) in [5.74, 6) is 0. The van der Waals surface area contributed by atoms with Crippen molar-refractivity contribution in [1.82, 2.24) is 0 Å². The van der Waals surface area contributed by atoms with Gasteiger partial charge in [-0.3, -0.25) is 0 Å². The highest BCUT2D eigenvalue weighted by molar-refractivity contribution is 6.52. The fraction of sp³-hybridized carbons (Fsp3) is 0. The molecule has 0 aliphatic heterocycles. The molecule has 5 aromatic carbocycles. The van der Waals surface area contributed by atoms with E-state index in [4.69, 9.17) is 0 Å². The van der Waals surface area contributed by atoms with Gasteiger partial charge < -0.3 is 5.02 Å². The molecule has 0 bridgehead atoms. The summed E-state index contributed by atoms with van der Waals surface area (Å²) in [5.41, 5.74) is 0.860. The molecule has 24 heavy (non-hydrogen) atoms. The normalized spacial score (nSPS) is 11.5. The fourth-order valence-electron chi connectivity index (χ4n) is 3.90. The summed E-state index contributed by atoms with van der Waals surface area (Å²) >= 11 is 0. The molecule has 2 heteroatoms. The smallest absolute Gasteiger partial charge is 0.327 e. The SMILES string of the molecule is O[B]c1cc2c3ccccc3c3ccccc3c2c2ccccc12. The largest absolute Gasteiger partial charge is 0.450 e. The third kappa shape index (κ3) is 1.75. The number of rotatable bonds is 1. The average molecular weight is 305 g/mol. The van der Waals surface area contributed by atoms with Crippen LogP contribution in [-0.2, 0) is 0 Å². The van der Waals surface area contributed by atoms with Gasteiger partial charge in [-0.1, -0.05) is 78.9 Å². The Balaban J connectivity index is 2.22. The van der Waals surface area contributed by atoms with Crippen LogP contribution in [0.2, 0.25) is 0 Å². The predicted octanol–water partition coefficient (Wildman–Crippen LogP) is 4.54. The fourth-order valence-corrected chi connectivity index (χ4v) is 3.90. The van der Waals surface area contributed by atoms with Crippen LogP contribution in [0, 0.1) is 0 Å². The van der Waals surface area contributed by atoms with Crippen molar-refractivity contribution < 1.29 is 5.02 Å². The molecule has 0 fully saturated rings. The third-order valence-electron chi connectivity index (χ3n) is 4.92. The summed E-state index contributed by atoms with van der Waals surface area (Å²) in [6.07, 6.45) is 0. The van der Waals surface area contributed by atoms with Crippen LogP contribution in [0.3, 0.4) is 0 Å². The highest BCUT2D eigenvalue weighted by Crippen LogP contribution is 2.37. The van der Waals surface area contributed by atoms with E-state index < -0.39 is 0 Å². The summed E-state index contributed by atoms with van der Waals surface area (Å²) in [6, 6.07) is 27.5. The number of hydrogen-bond acceptors (Lipinski definition) is 1. The van der Waals surface area contributed by atoms with Crippen molar-refractivity contribution in [2.24, 2.45) is 0 Å². The molecule has 0 amide bonds. The molecular weight excluding hydrogens is 291 g/mol. The standard InChI is InChI=1S/C22H14BO/c24-23-21-13-20-16-9-2-1-7-14(16)15-8-3-5-11-18(15)22(20)19-12-6-4-10-17(19)21/h1-13,24H. The van der Waals surface area contributed by atoms with E-state index in [1.165, 1.54) is 45.2 Å². The molecule has 1 radical (unpaired) electrons. The van der Waals surface area contributed by atoms with Crippen molar-refractivity contribution >= 4 is 56.0 Å². The zero-order chi connectivity index (χ0) is 16.1. The second kappa shape index (κ2) is 5.08. The molecule has 0 aromatic heterocycles. The lowest BCUT2D eigenvalue weighted by atomic mass is 9.80. The van der Waals surface area contributed by atoms with E-state index in [9.17, 15) is 5.02 Å². The molecule has 5 rings (SSSR count). The Morgan fingerprint density at radius 3 is 1.50 bits per heavy atom. The van der Waals surface area contributed by atoms with Crippen LogP contribution in [-0.4, -0.2) is 12.5 Å². The first-order chi connectivity index (χ1) is 11.9. The molecule has 1 N–H and O–H groups in total. The van der Waals surface area contributed by atoms with Crippen molar-refractivity contribution in [3.8, 4) is 0 Å². The van der Waals surface area contributed by atoms with E-state index in [0.717, 1.165) is 10.8 Å². The molecule has 5 aromatic rings. The predicted molar refractivity (Wildman–Crippen MR) is 104 cm³/mol. The Hall–Kier alpha value is -2.84. The quantitative estimate of drug-likeness (QED) is 0.356. The van der Waals surface area contributed by atoms with E-state index in [-0.39, 0.29) is 0 Å². The van der Waals surface area contributed by atoms with Gasteiger partial charge >= 0.3 is 7.48 Å². The zero-order valence-corrected chi connectivity index (χ0v) is 13.0. The molecule has 0 saturated carbocycles. The molecule has 0 aliphatic rings. The summed E-state index contributed by atoms with van der Waals surface area (Å²) in [5, 5.41) is 19.4. The number of fused-ring (bicyclic) bond motifs is 8. The van der Waals surface area contributed by atoms with Gasteiger partial charge in [0.25, 0.3) is 0 Å². The van der Waals surface area contributed by atoms with E-state index in [2.05, 4.69) is 72.8 Å². The van der Waals surface area contributed by atoms with Crippen molar-refractivity contribution in [3.63, 3.8) is 0 Å². The Morgan fingerprint density at radius 2 is 0.917 bits per heavy atom. The lowest BCUT2D eigenvalue weighted by Crippen LogP contribution is -2.14. The molecular formula is C22H14BO. The molecule has 0 spiro atoms. The minimum Gasteiger partial charge on any atom is -0.450 e. The van der Waals surface area contributed by atoms with Crippen LogP contribution in [0.25, 0.3) is 43.1 Å². The second-order valence-electron chi connectivity index (χ2n) is 6.15. The number of hydrogen-bond donors (Lipinski definition) is 1. The van der Waals surface area contributed by atoms with E-state index in [1.54, 1.807) is 0 Å². The average Bonchev–Trinajstić information content (AvgIpc) is 2.67. The Kier molecular flexibility index (Phi) is 2.88. The second-order valence-corrected chi connectivity index (χ2v) is 6.15. The molecule has 1 nitrogen and oxygen atoms in total. The van der Waals surface area contributed by atoms with E-state index in [0.29, 0.717) is 0 Å². The first-order valence-electron chi connectivity index (χ1n) is 8.11. The zero-order valence-electron chi connectivity index (χ0n) is 13.0. The highest BCUT2D eigenvalue weighted by atomic mass is 16.2. The minimum absolute atomic E-state index is 0.860. The van der Waals surface area contributed by atoms with Crippen molar-refractivity contribution in [1.29, 1.82) is 0 Å². The highest BCUT2D eigenvalue weighted by Gasteiger charge is 2.13. The summed E-state index contributed by atoms with van der Waals surface area (Å²) in [7, 11) is 1.21. The Morgan fingerprint density at radius 1 is 0.500 bits per heavy atom. The Bertz CT molecular complexity index is 1240. The van der Waals surface area contributed by atoms with Crippen LogP contribution in [0.4, 0.5) is 0 Å². The van der Waals surface area contributed by atoms with Gasteiger partial charge in [-0.05, 0) is 48.6 Å². The summed E-state index contributed by atoms with van der Waals surface area (Å²) < 4.78 is 0. The van der Waals surface area contributed by atoms with E-state index >= 15 is 0 Å². The topological polar surface area (TPSA) is 20.2 Å². The Labute approximate surface area is 140 Å². The molecule has 0 unspecified atom stereocenters. The van der Waals surface area contributed by atoms with Gasteiger partial charge in [0.2, 0.25) is 0 Å². The van der Waals surface area contributed by atoms with Gasteiger partial charge in [-0.15, -0.1) is 0 Å². The van der Waals surface area contributed by atoms with Gasteiger partial charge in [0.15, 0.2) is 0 Å². The summed E-state index contributed by atoms with van der Waals surface area (Å²) in [6.45, 7) is 0. The molecule has 0 aliphatic carbocycles. The molecule has 0 heterocycles. The van der Waals surface area contributed by atoms with Gasteiger partial charge in [-0.25, -0.2) is 0 Å². The van der Waals surface area contributed by atoms with Crippen LogP contribution < -0.4 is 5.46 Å². The van der Waals surface area contributed by atoms with Gasteiger partial charge in [0.05, 0.1) is 0 Å². The first-order valence-corrected chi connectivity index (χ1v) is 8.11.